The van der Waals surface area contributed by atoms with E-state index >= 15 is 0 Å². The third kappa shape index (κ3) is 6.44. The molecule has 0 aliphatic carbocycles. The van der Waals surface area contributed by atoms with Crippen molar-refractivity contribution < 1.29 is 23.0 Å². The summed E-state index contributed by atoms with van der Waals surface area (Å²) in [5, 5.41) is 2.66. The Bertz CT molecular complexity index is 493. The molecule has 0 bridgehead atoms. The van der Waals surface area contributed by atoms with Crippen LogP contribution in [-0.2, 0) is 11.3 Å². The van der Waals surface area contributed by atoms with E-state index in [2.05, 4.69) is 10.1 Å². The number of hydrogen-bond acceptors (Lipinski definition) is 4. The van der Waals surface area contributed by atoms with Gasteiger partial charge in [0, 0.05) is 6.54 Å². The van der Waals surface area contributed by atoms with Crippen molar-refractivity contribution in [3.63, 3.8) is 0 Å². The maximum Gasteiger partial charge on any atom is 0.387 e. The summed E-state index contributed by atoms with van der Waals surface area (Å²) in [7, 11) is 0. The molecular formula is C14H21ClF2N2O3. The van der Waals surface area contributed by atoms with E-state index in [1.54, 1.807) is 32.9 Å². The Morgan fingerprint density at radius 2 is 2.00 bits per heavy atom. The van der Waals surface area contributed by atoms with Gasteiger partial charge in [-0.3, -0.25) is 4.79 Å². The summed E-state index contributed by atoms with van der Waals surface area (Å²) >= 11 is 0. The highest BCUT2D eigenvalue weighted by molar-refractivity contribution is 5.85. The van der Waals surface area contributed by atoms with Crippen molar-refractivity contribution in [3.8, 4) is 11.5 Å². The zero-order valence-corrected chi connectivity index (χ0v) is 13.5. The predicted molar refractivity (Wildman–Crippen MR) is 81.6 cm³/mol. The van der Waals surface area contributed by atoms with E-state index in [-0.39, 0.29) is 36.4 Å². The van der Waals surface area contributed by atoms with Gasteiger partial charge in [0.05, 0.1) is 12.1 Å². The molecule has 1 rings (SSSR count). The first-order valence-electron chi connectivity index (χ1n) is 6.51. The largest absolute Gasteiger partial charge is 0.490 e. The average molecular weight is 339 g/mol. The molecule has 126 valence electrons. The number of nitrogens with two attached hydrogens (primary N) is 1. The summed E-state index contributed by atoms with van der Waals surface area (Å²) in [6.45, 7) is 2.52. The number of benzene rings is 1. The van der Waals surface area contributed by atoms with Gasteiger partial charge in [-0.1, -0.05) is 6.07 Å². The molecule has 0 aliphatic heterocycles. The number of rotatable bonds is 7. The molecule has 0 radical (unpaired) electrons. The predicted octanol–water partition coefficient (Wildman–Crippen LogP) is 2.46. The minimum atomic E-state index is -2.92. The van der Waals surface area contributed by atoms with Crippen LogP contribution in [0.25, 0.3) is 0 Å². The van der Waals surface area contributed by atoms with Crippen LogP contribution in [0.3, 0.4) is 0 Å². The molecule has 0 aliphatic rings. The highest BCUT2D eigenvalue weighted by Gasteiger charge is 2.21. The van der Waals surface area contributed by atoms with Gasteiger partial charge < -0.3 is 20.5 Å². The fraction of sp³-hybridized carbons (Fsp3) is 0.500. The van der Waals surface area contributed by atoms with Gasteiger partial charge >= 0.3 is 6.61 Å². The van der Waals surface area contributed by atoms with Crippen molar-refractivity contribution in [2.75, 3.05) is 6.61 Å². The molecule has 0 saturated heterocycles. The Balaban J connectivity index is 0.00000441. The Hall–Kier alpha value is -1.60. The monoisotopic (exact) mass is 338 g/mol. The molecule has 22 heavy (non-hydrogen) atoms. The molecule has 0 spiro atoms. The number of hydrogen-bond donors (Lipinski definition) is 2. The molecule has 0 fully saturated rings. The summed E-state index contributed by atoms with van der Waals surface area (Å²) in [6.07, 6.45) is 0. The molecule has 0 saturated carbocycles. The van der Waals surface area contributed by atoms with Crippen molar-refractivity contribution in [2.45, 2.75) is 39.5 Å². The maximum absolute atomic E-state index is 12.3. The van der Waals surface area contributed by atoms with E-state index in [1.807, 2.05) is 0 Å². The Kier molecular flexibility index (Phi) is 8.11. The first kappa shape index (κ1) is 20.4. The maximum atomic E-state index is 12.3. The van der Waals surface area contributed by atoms with Crippen LogP contribution >= 0.6 is 12.4 Å². The van der Waals surface area contributed by atoms with E-state index in [4.69, 9.17) is 10.5 Å². The SMILES string of the molecule is CCOc1cc(CNC(=O)C(C)(C)N)ccc1OC(F)F.Cl. The van der Waals surface area contributed by atoms with E-state index in [0.29, 0.717) is 12.2 Å². The normalized spacial score (nSPS) is 10.9. The standard InChI is InChI=1S/C14H20F2N2O3.ClH/c1-4-20-11-7-9(5-6-10(11)21-13(15)16)8-18-12(19)14(2,3)17;/h5-7,13H,4,8,17H2,1-3H3,(H,18,19);1H. The molecule has 1 aromatic rings. The molecule has 8 heteroatoms. The number of carbonyl (C=O) groups excluding carboxylic acids is 1. The summed E-state index contributed by atoms with van der Waals surface area (Å²) in [4.78, 5) is 11.7. The van der Waals surface area contributed by atoms with Crippen molar-refractivity contribution in [1.29, 1.82) is 0 Å². The van der Waals surface area contributed by atoms with Crippen LogP contribution in [0.15, 0.2) is 18.2 Å². The van der Waals surface area contributed by atoms with Crippen LogP contribution in [-0.4, -0.2) is 24.7 Å². The minimum absolute atomic E-state index is 0. The first-order chi connectivity index (χ1) is 9.74. The van der Waals surface area contributed by atoms with Crippen molar-refractivity contribution in [3.05, 3.63) is 23.8 Å². The Morgan fingerprint density at radius 1 is 1.36 bits per heavy atom. The van der Waals surface area contributed by atoms with Crippen LogP contribution in [0.1, 0.15) is 26.3 Å². The quantitative estimate of drug-likeness (QED) is 0.801. The topological polar surface area (TPSA) is 73.6 Å². The van der Waals surface area contributed by atoms with Crippen LogP contribution < -0.4 is 20.5 Å². The van der Waals surface area contributed by atoms with Gasteiger partial charge in [-0.05, 0) is 38.5 Å². The lowest BCUT2D eigenvalue weighted by atomic mass is 10.1. The van der Waals surface area contributed by atoms with E-state index in [0.717, 1.165) is 0 Å². The summed E-state index contributed by atoms with van der Waals surface area (Å²) in [5.41, 5.74) is 5.37. The number of alkyl halides is 2. The highest BCUT2D eigenvalue weighted by Crippen LogP contribution is 2.29. The minimum Gasteiger partial charge on any atom is -0.490 e. The van der Waals surface area contributed by atoms with Crippen molar-refractivity contribution in [2.24, 2.45) is 5.73 Å². The van der Waals surface area contributed by atoms with Crippen LogP contribution in [0.4, 0.5) is 8.78 Å². The van der Waals surface area contributed by atoms with Gasteiger partial charge in [0.15, 0.2) is 11.5 Å². The van der Waals surface area contributed by atoms with Gasteiger partial charge in [0.2, 0.25) is 5.91 Å². The molecule has 0 atom stereocenters. The van der Waals surface area contributed by atoms with E-state index in [9.17, 15) is 13.6 Å². The van der Waals surface area contributed by atoms with Gasteiger partial charge in [-0.15, -0.1) is 12.4 Å². The molecule has 5 nitrogen and oxygen atoms in total. The van der Waals surface area contributed by atoms with Crippen LogP contribution in [0, 0.1) is 0 Å². The average Bonchev–Trinajstić information content (AvgIpc) is 2.37. The zero-order chi connectivity index (χ0) is 16.0. The smallest absolute Gasteiger partial charge is 0.387 e. The lowest BCUT2D eigenvalue weighted by Gasteiger charge is -2.18. The second-order valence-corrected chi connectivity index (χ2v) is 5.00. The molecule has 0 unspecified atom stereocenters. The molecule has 1 aromatic carbocycles. The number of amides is 1. The second-order valence-electron chi connectivity index (χ2n) is 5.00. The Labute approximate surface area is 134 Å². The lowest BCUT2D eigenvalue weighted by Crippen LogP contribution is -2.48. The van der Waals surface area contributed by atoms with Gasteiger partial charge in [-0.2, -0.15) is 8.78 Å². The fourth-order valence-electron chi connectivity index (χ4n) is 1.53. The number of halogens is 3. The molecule has 0 heterocycles. The summed E-state index contributed by atoms with van der Waals surface area (Å²) in [6, 6.07) is 4.50. The number of nitrogens with one attached hydrogen (secondary N) is 1. The van der Waals surface area contributed by atoms with Crippen molar-refractivity contribution in [1.82, 2.24) is 5.32 Å². The molecule has 0 aromatic heterocycles. The van der Waals surface area contributed by atoms with Crippen LogP contribution in [0.5, 0.6) is 11.5 Å². The number of ether oxygens (including phenoxy) is 2. The van der Waals surface area contributed by atoms with Crippen molar-refractivity contribution >= 4 is 18.3 Å². The van der Waals surface area contributed by atoms with Gasteiger partial charge in [-0.25, -0.2) is 0 Å². The summed E-state index contributed by atoms with van der Waals surface area (Å²) in [5.74, 6) is -0.147. The first-order valence-corrected chi connectivity index (χ1v) is 6.51. The third-order valence-electron chi connectivity index (χ3n) is 2.56. The third-order valence-corrected chi connectivity index (χ3v) is 2.56. The van der Waals surface area contributed by atoms with Crippen LogP contribution in [0.2, 0.25) is 0 Å². The van der Waals surface area contributed by atoms with E-state index < -0.39 is 12.2 Å². The second kappa shape index (κ2) is 8.75. The highest BCUT2D eigenvalue weighted by atomic mass is 35.5. The van der Waals surface area contributed by atoms with Gasteiger partial charge in [0.25, 0.3) is 0 Å². The number of carbonyl (C=O) groups is 1. The van der Waals surface area contributed by atoms with E-state index in [1.165, 1.54) is 6.07 Å². The molecular weight excluding hydrogens is 318 g/mol. The summed E-state index contributed by atoms with van der Waals surface area (Å²) < 4.78 is 34.2. The molecule has 1 amide bonds. The Morgan fingerprint density at radius 3 is 2.50 bits per heavy atom. The molecule has 3 N–H and O–H groups in total. The van der Waals surface area contributed by atoms with Gasteiger partial charge in [0.1, 0.15) is 0 Å². The lowest BCUT2D eigenvalue weighted by molar-refractivity contribution is -0.125. The zero-order valence-electron chi connectivity index (χ0n) is 12.7. The fourth-order valence-corrected chi connectivity index (χ4v) is 1.53.